The molecule has 2 aromatic carbocycles. The number of aromatic nitrogens is 1. The number of rotatable bonds is 4. The maximum Gasteiger partial charge on any atom is 0.257 e. The summed E-state index contributed by atoms with van der Waals surface area (Å²) in [5.74, 6) is -0.372. The molecule has 2 heterocycles. The molecule has 1 N–H and O–H groups in total. The number of hydrazone groups is 1. The first-order chi connectivity index (χ1) is 13.9. The fourth-order valence-electron chi connectivity index (χ4n) is 3.95. The number of nitrogens with zero attached hydrogens (tertiary/aromatic N) is 2. The normalized spacial score (nSPS) is 16.3. The SMILES string of the molecule is C=C(CC)N1N=C(c2c(C)c3ccc(F)cc3[nH]c2=O)CC1c1ccc(C)cc1. The van der Waals surface area contributed by atoms with E-state index in [1.165, 1.54) is 17.7 Å². The number of pyridine rings is 1. The van der Waals surface area contributed by atoms with Crippen LogP contribution in [0.2, 0.25) is 0 Å². The van der Waals surface area contributed by atoms with Gasteiger partial charge < -0.3 is 4.98 Å². The minimum absolute atomic E-state index is 0.000708. The van der Waals surface area contributed by atoms with Gasteiger partial charge in [0.05, 0.1) is 22.8 Å². The van der Waals surface area contributed by atoms with Gasteiger partial charge in [0.15, 0.2) is 0 Å². The molecule has 4 rings (SSSR count). The van der Waals surface area contributed by atoms with E-state index in [4.69, 9.17) is 5.10 Å². The van der Waals surface area contributed by atoms with Gasteiger partial charge in [0.2, 0.25) is 0 Å². The lowest BCUT2D eigenvalue weighted by molar-refractivity contribution is 0.293. The molecular formula is C24H24FN3O. The molecule has 0 aliphatic carbocycles. The summed E-state index contributed by atoms with van der Waals surface area (Å²) >= 11 is 0. The van der Waals surface area contributed by atoms with Gasteiger partial charge in [-0.15, -0.1) is 0 Å². The summed E-state index contributed by atoms with van der Waals surface area (Å²) in [5, 5.41) is 7.57. The van der Waals surface area contributed by atoms with Crippen LogP contribution in [0.15, 0.2) is 64.6 Å². The maximum absolute atomic E-state index is 13.6. The highest BCUT2D eigenvalue weighted by Crippen LogP contribution is 2.36. The molecule has 1 atom stereocenters. The molecule has 4 nitrogen and oxygen atoms in total. The third kappa shape index (κ3) is 3.37. The average Bonchev–Trinajstić information content (AvgIpc) is 3.12. The summed E-state index contributed by atoms with van der Waals surface area (Å²) < 4.78 is 13.6. The molecule has 148 valence electrons. The number of allylic oxidation sites excluding steroid dienone is 1. The molecule has 0 amide bonds. The van der Waals surface area contributed by atoms with Gasteiger partial charge >= 0.3 is 0 Å². The predicted molar refractivity (Wildman–Crippen MR) is 116 cm³/mol. The highest BCUT2D eigenvalue weighted by molar-refractivity contribution is 6.05. The summed E-state index contributed by atoms with van der Waals surface area (Å²) in [6, 6.07) is 12.9. The Kier molecular flexibility index (Phi) is 4.82. The number of aryl methyl sites for hydroxylation is 2. The van der Waals surface area contributed by atoms with Crippen LogP contribution >= 0.6 is 0 Å². The van der Waals surface area contributed by atoms with E-state index in [0.29, 0.717) is 17.5 Å². The van der Waals surface area contributed by atoms with Crippen LogP contribution in [0.5, 0.6) is 0 Å². The van der Waals surface area contributed by atoms with Crippen LogP contribution in [0.4, 0.5) is 4.39 Å². The first kappa shape index (κ1) is 19.1. The Bertz CT molecular complexity index is 1190. The molecular weight excluding hydrogens is 365 g/mol. The number of benzene rings is 2. The van der Waals surface area contributed by atoms with E-state index >= 15 is 0 Å². The lowest BCUT2D eigenvalue weighted by Gasteiger charge is -2.25. The second-order valence-corrected chi connectivity index (χ2v) is 7.59. The van der Waals surface area contributed by atoms with Gasteiger partial charge in [0.1, 0.15) is 5.82 Å². The molecule has 1 aromatic heterocycles. The standard InChI is InChI=1S/C24H24FN3O/c1-5-15(3)28-22(17-8-6-14(2)7-9-17)13-21(27-28)23-16(4)19-11-10-18(25)12-20(19)26-24(23)29/h6-12,22H,3,5,13H2,1-2,4H3,(H,26,29). The lowest BCUT2D eigenvalue weighted by Crippen LogP contribution is -2.20. The molecule has 0 saturated heterocycles. The molecule has 1 aliphatic heterocycles. The van der Waals surface area contributed by atoms with E-state index in [9.17, 15) is 9.18 Å². The van der Waals surface area contributed by atoms with Crippen LogP contribution in [0, 0.1) is 19.7 Å². The van der Waals surface area contributed by atoms with E-state index < -0.39 is 0 Å². The molecule has 1 unspecified atom stereocenters. The van der Waals surface area contributed by atoms with Crippen molar-refractivity contribution in [2.45, 2.75) is 39.7 Å². The number of fused-ring (bicyclic) bond motifs is 1. The number of hydrogen-bond donors (Lipinski definition) is 1. The molecule has 1 aliphatic rings. The number of hydrogen-bond acceptors (Lipinski definition) is 3. The minimum Gasteiger partial charge on any atom is -0.321 e. The number of halogens is 1. The maximum atomic E-state index is 13.6. The zero-order chi connectivity index (χ0) is 20.7. The Hall–Kier alpha value is -3.21. The van der Waals surface area contributed by atoms with Crippen LogP contribution in [0.25, 0.3) is 10.9 Å². The molecule has 0 fully saturated rings. The zero-order valence-electron chi connectivity index (χ0n) is 16.9. The monoisotopic (exact) mass is 389 g/mol. The van der Waals surface area contributed by atoms with Crippen molar-refractivity contribution < 1.29 is 4.39 Å². The van der Waals surface area contributed by atoms with E-state index in [-0.39, 0.29) is 17.4 Å². The van der Waals surface area contributed by atoms with Gasteiger partial charge in [0, 0.05) is 17.5 Å². The van der Waals surface area contributed by atoms with Crippen molar-refractivity contribution >= 4 is 16.6 Å². The molecule has 0 bridgehead atoms. The largest absolute Gasteiger partial charge is 0.321 e. The Labute approximate surface area is 169 Å². The van der Waals surface area contributed by atoms with Crippen LogP contribution in [-0.2, 0) is 0 Å². The fourth-order valence-corrected chi connectivity index (χ4v) is 3.95. The summed E-state index contributed by atoms with van der Waals surface area (Å²) in [6.07, 6.45) is 1.38. The topological polar surface area (TPSA) is 48.5 Å². The average molecular weight is 389 g/mol. The van der Waals surface area contributed by atoms with Crippen LogP contribution in [0.1, 0.15) is 48.1 Å². The summed E-state index contributed by atoms with van der Waals surface area (Å²) in [7, 11) is 0. The smallest absolute Gasteiger partial charge is 0.257 e. The quantitative estimate of drug-likeness (QED) is 0.653. The summed E-state index contributed by atoms with van der Waals surface area (Å²) in [4.78, 5) is 15.7. The van der Waals surface area contributed by atoms with E-state index in [1.54, 1.807) is 6.07 Å². The minimum atomic E-state index is -0.372. The fraction of sp³-hybridized carbons (Fsp3) is 0.250. The molecule has 5 heteroatoms. The lowest BCUT2D eigenvalue weighted by atomic mass is 9.94. The van der Waals surface area contributed by atoms with Crippen molar-refractivity contribution in [1.29, 1.82) is 0 Å². The number of nitrogens with one attached hydrogen (secondary N) is 1. The van der Waals surface area contributed by atoms with Crippen molar-refractivity contribution in [2.75, 3.05) is 0 Å². The second kappa shape index (κ2) is 7.32. The van der Waals surface area contributed by atoms with Gasteiger partial charge in [-0.25, -0.2) is 4.39 Å². The van der Waals surface area contributed by atoms with Crippen molar-refractivity contribution in [2.24, 2.45) is 5.10 Å². The first-order valence-corrected chi connectivity index (χ1v) is 9.82. The van der Waals surface area contributed by atoms with Gasteiger partial charge in [0.25, 0.3) is 5.56 Å². The van der Waals surface area contributed by atoms with Crippen molar-refractivity contribution in [3.8, 4) is 0 Å². The highest BCUT2D eigenvalue weighted by Gasteiger charge is 2.32. The van der Waals surface area contributed by atoms with Crippen molar-refractivity contribution in [3.63, 3.8) is 0 Å². The zero-order valence-corrected chi connectivity index (χ0v) is 16.9. The van der Waals surface area contributed by atoms with E-state index in [2.05, 4.69) is 42.8 Å². The Morgan fingerprint density at radius 1 is 1.24 bits per heavy atom. The molecule has 0 saturated carbocycles. The molecule has 29 heavy (non-hydrogen) atoms. The first-order valence-electron chi connectivity index (χ1n) is 9.82. The summed E-state index contributed by atoms with van der Waals surface area (Å²) in [5.41, 5.74) is 5.61. The van der Waals surface area contributed by atoms with Crippen LogP contribution in [0.3, 0.4) is 0 Å². The van der Waals surface area contributed by atoms with Crippen LogP contribution in [-0.4, -0.2) is 15.7 Å². The number of aromatic amines is 1. The third-order valence-electron chi connectivity index (χ3n) is 5.63. The Morgan fingerprint density at radius 3 is 2.66 bits per heavy atom. The molecule has 3 aromatic rings. The van der Waals surface area contributed by atoms with Crippen molar-refractivity contribution in [1.82, 2.24) is 9.99 Å². The number of H-pyrrole nitrogens is 1. The second-order valence-electron chi connectivity index (χ2n) is 7.59. The Balaban J connectivity index is 1.82. The van der Waals surface area contributed by atoms with Gasteiger partial charge in [-0.3, -0.25) is 9.80 Å². The predicted octanol–water partition coefficient (Wildman–Crippen LogP) is 5.36. The van der Waals surface area contributed by atoms with Gasteiger partial charge in [-0.1, -0.05) is 43.3 Å². The third-order valence-corrected chi connectivity index (χ3v) is 5.63. The van der Waals surface area contributed by atoms with Crippen LogP contribution < -0.4 is 5.56 Å². The van der Waals surface area contributed by atoms with E-state index in [0.717, 1.165) is 34.3 Å². The van der Waals surface area contributed by atoms with Crippen molar-refractivity contribution in [3.05, 3.63) is 93.2 Å². The van der Waals surface area contributed by atoms with Gasteiger partial charge in [-0.2, -0.15) is 5.10 Å². The summed E-state index contributed by atoms with van der Waals surface area (Å²) in [6.45, 7) is 10.2. The Morgan fingerprint density at radius 2 is 1.97 bits per heavy atom. The van der Waals surface area contributed by atoms with E-state index in [1.807, 2.05) is 18.9 Å². The molecule has 0 radical (unpaired) electrons. The van der Waals surface area contributed by atoms with Gasteiger partial charge in [-0.05, 0) is 49.6 Å². The molecule has 0 spiro atoms. The highest BCUT2D eigenvalue weighted by atomic mass is 19.1.